The molecule has 0 fully saturated rings. The van der Waals surface area contributed by atoms with Crippen LogP contribution < -0.4 is 9.47 Å². The van der Waals surface area contributed by atoms with Crippen LogP contribution >= 0.6 is 0 Å². The van der Waals surface area contributed by atoms with Gasteiger partial charge in [-0.25, -0.2) is 4.18 Å². The van der Waals surface area contributed by atoms with E-state index in [2.05, 4.69) is 4.18 Å². The minimum absolute atomic E-state index is 0.393. The third-order valence-electron chi connectivity index (χ3n) is 3.27. The molecule has 0 aliphatic carbocycles. The molecule has 2 aromatic carbocycles. The lowest BCUT2D eigenvalue weighted by Gasteiger charge is -2.25. The molecule has 0 saturated heterocycles. The van der Waals surface area contributed by atoms with Gasteiger partial charge in [-0.2, -0.15) is 8.42 Å². The molecule has 0 aliphatic heterocycles. The summed E-state index contributed by atoms with van der Waals surface area (Å²) in [4.78, 5) is 0. The highest BCUT2D eigenvalue weighted by atomic mass is 32.3. The lowest BCUT2D eigenvalue weighted by Crippen LogP contribution is -2.29. The number of hydrogen-bond acceptors (Lipinski definition) is 6. The number of para-hydroxylation sites is 2. The number of aliphatic hydroxyl groups excluding tert-OH is 1. The van der Waals surface area contributed by atoms with Crippen molar-refractivity contribution in [2.24, 2.45) is 0 Å². The van der Waals surface area contributed by atoms with Crippen molar-refractivity contribution in [1.82, 2.24) is 0 Å². The summed E-state index contributed by atoms with van der Waals surface area (Å²) in [7, 11) is -4.66. The average molecular weight is 368 g/mol. The van der Waals surface area contributed by atoms with Gasteiger partial charge in [-0.15, -0.1) is 0 Å². The van der Waals surface area contributed by atoms with E-state index in [4.69, 9.17) is 14.0 Å². The fourth-order valence-corrected chi connectivity index (χ4v) is 2.53. The second-order valence-corrected chi connectivity index (χ2v) is 6.20. The Morgan fingerprint density at radius 2 is 1.60 bits per heavy atom. The van der Waals surface area contributed by atoms with Gasteiger partial charge < -0.3 is 14.6 Å². The molecule has 2 atom stereocenters. The third kappa shape index (κ3) is 6.02. The number of rotatable bonds is 9. The topological polar surface area (TPSA) is 102 Å². The van der Waals surface area contributed by atoms with Gasteiger partial charge in [0.05, 0.1) is 13.2 Å². The van der Waals surface area contributed by atoms with Gasteiger partial charge in [-0.1, -0.05) is 42.5 Å². The van der Waals surface area contributed by atoms with Crippen LogP contribution in [-0.4, -0.2) is 37.4 Å². The summed E-state index contributed by atoms with van der Waals surface area (Å²) < 4.78 is 45.9. The van der Waals surface area contributed by atoms with E-state index in [1.54, 1.807) is 54.6 Å². The SMILES string of the molecule is CCOc1ccccc1O[C@@H](c1ccccc1)[C@@H](O)COS(=O)(=O)O. The molecule has 2 rings (SSSR count). The van der Waals surface area contributed by atoms with Gasteiger partial charge in [0.25, 0.3) is 0 Å². The molecule has 0 aromatic heterocycles. The van der Waals surface area contributed by atoms with Crippen molar-refractivity contribution in [3.8, 4) is 11.5 Å². The smallest absolute Gasteiger partial charge is 0.397 e. The van der Waals surface area contributed by atoms with Crippen LogP contribution in [0.25, 0.3) is 0 Å². The summed E-state index contributed by atoms with van der Waals surface area (Å²) in [5.41, 5.74) is 0.611. The van der Waals surface area contributed by atoms with Crippen LogP contribution in [0.2, 0.25) is 0 Å². The predicted molar refractivity (Wildman–Crippen MR) is 90.9 cm³/mol. The largest absolute Gasteiger partial charge is 0.490 e. The van der Waals surface area contributed by atoms with E-state index in [1.807, 2.05) is 6.92 Å². The molecule has 0 unspecified atom stereocenters. The number of ether oxygens (including phenoxy) is 2. The molecule has 0 amide bonds. The van der Waals surface area contributed by atoms with Crippen LogP contribution in [0.4, 0.5) is 0 Å². The van der Waals surface area contributed by atoms with E-state index in [-0.39, 0.29) is 0 Å². The number of hydrogen-bond donors (Lipinski definition) is 2. The normalized spacial score (nSPS) is 13.9. The number of aliphatic hydroxyl groups is 1. The summed E-state index contributed by atoms with van der Waals surface area (Å²) in [6, 6.07) is 15.7. The van der Waals surface area contributed by atoms with Gasteiger partial charge in [0, 0.05) is 0 Å². The first-order valence-corrected chi connectivity index (χ1v) is 9.00. The van der Waals surface area contributed by atoms with Crippen molar-refractivity contribution in [1.29, 1.82) is 0 Å². The molecule has 0 radical (unpaired) electrons. The van der Waals surface area contributed by atoms with Crippen molar-refractivity contribution in [3.63, 3.8) is 0 Å². The maximum Gasteiger partial charge on any atom is 0.397 e. The molecule has 0 aliphatic rings. The van der Waals surface area contributed by atoms with Crippen LogP contribution in [0, 0.1) is 0 Å². The molecule has 0 heterocycles. The van der Waals surface area contributed by atoms with Crippen LogP contribution in [-0.2, 0) is 14.6 Å². The molecule has 0 saturated carbocycles. The standard InChI is InChI=1S/C17H20O7S/c1-2-22-15-10-6-7-11-16(15)24-17(13-8-4-3-5-9-13)14(18)12-23-25(19,20)21/h3-11,14,17-18H,2,12H2,1H3,(H,19,20,21)/t14-,17-/m0/s1. The molecular formula is C17H20O7S. The average Bonchev–Trinajstić information content (AvgIpc) is 2.59. The van der Waals surface area contributed by atoms with Crippen molar-refractivity contribution in [2.75, 3.05) is 13.2 Å². The highest BCUT2D eigenvalue weighted by Gasteiger charge is 2.26. The Morgan fingerprint density at radius 3 is 2.20 bits per heavy atom. The maximum absolute atomic E-state index is 10.8. The first-order valence-electron chi connectivity index (χ1n) is 7.64. The second-order valence-electron chi connectivity index (χ2n) is 5.11. The molecule has 0 spiro atoms. The molecule has 0 bridgehead atoms. The maximum atomic E-state index is 10.8. The molecule has 8 heteroatoms. The minimum Gasteiger partial charge on any atom is -0.490 e. The van der Waals surface area contributed by atoms with Crippen LogP contribution in [0.1, 0.15) is 18.6 Å². The van der Waals surface area contributed by atoms with E-state index < -0.39 is 29.2 Å². The zero-order valence-corrected chi connectivity index (χ0v) is 14.4. The Kier molecular flexibility index (Phi) is 6.77. The zero-order chi connectivity index (χ0) is 18.3. The number of benzene rings is 2. The van der Waals surface area contributed by atoms with Crippen molar-refractivity contribution in [3.05, 3.63) is 60.2 Å². The van der Waals surface area contributed by atoms with E-state index in [0.717, 1.165) is 0 Å². The molecular weight excluding hydrogens is 348 g/mol. The Labute approximate surface area is 146 Å². The minimum atomic E-state index is -4.66. The monoisotopic (exact) mass is 368 g/mol. The van der Waals surface area contributed by atoms with Gasteiger partial charge in [0.15, 0.2) is 17.6 Å². The van der Waals surface area contributed by atoms with Gasteiger partial charge in [0.1, 0.15) is 6.10 Å². The fraction of sp³-hybridized carbons (Fsp3) is 0.294. The highest BCUT2D eigenvalue weighted by molar-refractivity contribution is 7.80. The Bertz CT molecular complexity index is 762. The first-order chi connectivity index (χ1) is 11.9. The summed E-state index contributed by atoms with van der Waals surface area (Å²) in [5.74, 6) is 0.887. The molecule has 7 nitrogen and oxygen atoms in total. The van der Waals surface area contributed by atoms with Gasteiger partial charge >= 0.3 is 10.4 Å². The van der Waals surface area contributed by atoms with E-state index in [9.17, 15) is 13.5 Å². The Morgan fingerprint density at radius 1 is 1.00 bits per heavy atom. The zero-order valence-electron chi connectivity index (χ0n) is 13.6. The van der Waals surface area contributed by atoms with Gasteiger partial charge in [-0.3, -0.25) is 4.55 Å². The van der Waals surface area contributed by atoms with Crippen LogP contribution in [0.5, 0.6) is 11.5 Å². The Balaban J connectivity index is 2.26. The third-order valence-corrected chi connectivity index (χ3v) is 3.70. The highest BCUT2D eigenvalue weighted by Crippen LogP contribution is 2.32. The van der Waals surface area contributed by atoms with Gasteiger partial charge in [0.2, 0.25) is 0 Å². The van der Waals surface area contributed by atoms with Crippen molar-refractivity contribution < 1.29 is 31.7 Å². The summed E-state index contributed by atoms with van der Waals surface area (Å²) in [6.07, 6.45) is -2.27. The van der Waals surface area contributed by atoms with Crippen molar-refractivity contribution >= 4 is 10.4 Å². The van der Waals surface area contributed by atoms with Gasteiger partial charge in [-0.05, 0) is 24.6 Å². The lowest BCUT2D eigenvalue weighted by molar-refractivity contribution is 0.00262. The fourth-order valence-electron chi connectivity index (χ4n) is 2.21. The summed E-state index contributed by atoms with van der Waals surface area (Å²) >= 11 is 0. The molecule has 25 heavy (non-hydrogen) atoms. The predicted octanol–water partition coefficient (Wildman–Crippen LogP) is 2.39. The quantitative estimate of drug-likeness (QED) is 0.655. The molecule has 136 valence electrons. The summed E-state index contributed by atoms with van der Waals surface area (Å²) in [5, 5.41) is 10.3. The van der Waals surface area contributed by atoms with E-state index in [0.29, 0.717) is 23.7 Å². The Hall–Kier alpha value is -2.13. The second kappa shape index (κ2) is 8.82. The summed E-state index contributed by atoms with van der Waals surface area (Å²) in [6.45, 7) is 1.61. The lowest BCUT2D eigenvalue weighted by atomic mass is 10.0. The van der Waals surface area contributed by atoms with E-state index in [1.165, 1.54) is 0 Å². The van der Waals surface area contributed by atoms with Crippen LogP contribution in [0.3, 0.4) is 0 Å². The van der Waals surface area contributed by atoms with E-state index >= 15 is 0 Å². The molecule has 2 aromatic rings. The molecule has 2 N–H and O–H groups in total. The van der Waals surface area contributed by atoms with Crippen molar-refractivity contribution in [2.45, 2.75) is 19.1 Å². The van der Waals surface area contributed by atoms with Crippen LogP contribution in [0.15, 0.2) is 54.6 Å². The first kappa shape index (κ1) is 19.2.